The Hall–Kier alpha value is -2.82. The number of hydrogen-bond acceptors (Lipinski definition) is 3. The van der Waals surface area contributed by atoms with Crippen LogP contribution in [0.5, 0.6) is 0 Å². The lowest BCUT2D eigenvalue weighted by molar-refractivity contribution is 0.0905. The number of aryl methyl sites for hydroxylation is 3. The molecule has 0 radical (unpaired) electrons. The van der Waals surface area contributed by atoms with Crippen LogP contribution in [0.25, 0.3) is 11.0 Å². The fraction of sp³-hybridized carbons (Fsp3) is 0.300. The lowest BCUT2D eigenvalue weighted by Gasteiger charge is -2.25. The topological polar surface area (TPSA) is 75.1 Å². The van der Waals surface area contributed by atoms with Gasteiger partial charge >= 0.3 is 0 Å². The maximum absolute atomic E-state index is 12.8. The molecule has 1 aliphatic carbocycles. The third-order valence-corrected chi connectivity index (χ3v) is 5.00. The number of fused-ring (bicyclic) bond motifs is 2. The van der Waals surface area contributed by atoms with Crippen LogP contribution in [0.1, 0.15) is 51.8 Å². The van der Waals surface area contributed by atoms with Crippen molar-refractivity contribution in [3.8, 4) is 0 Å². The Balaban J connectivity index is 1.67. The molecule has 1 aliphatic rings. The number of aromatic amines is 1. The first-order valence-corrected chi connectivity index (χ1v) is 8.56. The monoisotopic (exact) mass is 336 g/mol. The van der Waals surface area contributed by atoms with E-state index in [2.05, 4.69) is 10.3 Å². The second-order valence-corrected chi connectivity index (χ2v) is 6.68. The number of furan rings is 1. The van der Waals surface area contributed by atoms with Crippen molar-refractivity contribution >= 4 is 16.9 Å². The van der Waals surface area contributed by atoms with Crippen LogP contribution in [-0.4, -0.2) is 10.9 Å². The number of nitrogens with one attached hydrogen (secondary N) is 2. The second-order valence-electron chi connectivity index (χ2n) is 6.68. The van der Waals surface area contributed by atoms with Crippen LogP contribution in [-0.2, 0) is 6.42 Å². The first kappa shape index (κ1) is 15.7. The number of para-hydroxylation sites is 1. The fourth-order valence-corrected chi connectivity index (χ4v) is 3.67. The molecule has 0 fully saturated rings. The third kappa shape index (κ3) is 2.65. The maximum atomic E-state index is 12.8. The number of H-pyrrole nitrogens is 1. The molecule has 2 aromatic heterocycles. The molecule has 0 saturated heterocycles. The van der Waals surface area contributed by atoms with Gasteiger partial charge in [0.15, 0.2) is 5.76 Å². The van der Waals surface area contributed by atoms with Crippen molar-refractivity contribution in [1.82, 2.24) is 10.3 Å². The molecule has 0 unspecified atom stereocenters. The lowest BCUT2D eigenvalue weighted by atomic mass is 9.91. The highest BCUT2D eigenvalue weighted by Crippen LogP contribution is 2.30. The number of hydrogen-bond donors (Lipinski definition) is 2. The molecule has 0 bridgehead atoms. The van der Waals surface area contributed by atoms with E-state index in [4.69, 9.17) is 4.42 Å². The molecule has 0 spiro atoms. The highest BCUT2D eigenvalue weighted by molar-refractivity contribution is 5.99. The van der Waals surface area contributed by atoms with Gasteiger partial charge in [0, 0.05) is 22.7 Å². The summed E-state index contributed by atoms with van der Waals surface area (Å²) in [6.07, 6.45) is 2.61. The number of benzene rings is 1. The summed E-state index contributed by atoms with van der Waals surface area (Å²) in [5, 5.41) is 4.05. The van der Waals surface area contributed by atoms with Gasteiger partial charge in [0.1, 0.15) is 5.58 Å². The second kappa shape index (κ2) is 5.92. The predicted octanol–water partition coefficient (Wildman–Crippen LogP) is 3.55. The molecule has 25 heavy (non-hydrogen) atoms. The first-order valence-electron chi connectivity index (χ1n) is 8.56. The van der Waals surface area contributed by atoms with Gasteiger partial charge in [-0.1, -0.05) is 18.2 Å². The number of aromatic nitrogens is 1. The Kier molecular flexibility index (Phi) is 3.71. The number of carbonyl (C=O) groups is 1. The molecule has 1 aromatic carbocycles. The van der Waals surface area contributed by atoms with E-state index in [0.29, 0.717) is 5.76 Å². The van der Waals surface area contributed by atoms with Gasteiger partial charge in [-0.3, -0.25) is 9.59 Å². The smallest absolute Gasteiger partial charge is 0.287 e. The zero-order valence-corrected chi connectivity index (χ0v) is 14.3. The van der Waals surface area contributed by atoms with Crippen LogP contribution in [0.4, 0.5) is 0 Å². The Morgan fingerprint density at radius 3 is 2.88 bits per heavy atom. The van der Waals surface area contributed by atoms with E-state index in [9.17, 15) is 9.59 Å². The number of carbonyl (C=O) groups excluding carboxylic acids is 1. The van der Waals surface area contributed by atoms with Crippen LogP contribution in [0.15, 0.2) is 39.5 Å². The van der Waals surface area contributed by atoms with Crippen LogP contribution >= 0.6 is 0 Å². The summed E-state index contributed by atoms with van der Waals surface area (Å²) in [6, 6.07) is 9.13. The number of rotatable bonds is 2. The van der Waals surface area contributed by atoms with Gasteiger partial charge in [0.05, 0.1) is 6.04 Å². The minimum atomic E-state index is -0.211. The predicted molar refractivity (Wildman–Crippen MR) is 95.9 cm³/mol. The maximum Gasteiger partial charge on any atom is 0.287 e. The summed E-state index contributed by atoms with van der Waals surface area (Å²) >= 11 is 0. The van der Waals surface area contributed by atoms with Crippen molar-refractivity contribution in [2.45, 2.75) is 39.2 Å². The van der Waals surface area contributed by atoms with E-state index >= 15 is 0 Å². The highest BCUT2D eigenvalue weighted by atomic mass is 16.3. The fourth-order valence-electron chi connectivity index (χ4n) is 3.67. The van der Waals surface area contributed by atoms with Crippen molar-refractivity contribution in [3.63, 3.8) is 0 Å². The Morgan fingerprint density at radius 1 is 1.24 bits per heavy atom. The summed E-state index contributed by atoms with van der Waals surface area (Å²) < 4.78 is 5.87. The van der Waals surface area contributed by atoms with Gasteiger partial charge in [0.25, 0.3) is 5.91 Å². The molecule has 1 amide bonds. The van der Waals surface area contributed by atoms with E-state index in [1.54, 1.807) is 0 Å². The molecule has 0 aliphatic heterocycles. The van der Waals surface area contributed by atoms with Gasteiger partial charge < -0.3 is 14.7 Å². The minimum Gasteiger partial charge on any atom is -0.450 e. The summed E-state index contributed by atoms with van der Waals surface area (Å²) in [5.41, 5.74) is 4.44. The normalized spacial score (nSPS) is 16.6. The molecule has 1 atom stereocenters. The van der Waals surface area contributed by atoms with Gasteiger partial charge in [-0.15, -0.1) is 0 Å². The summed E-state index contributed by atoms with van der Waals surface area (Å²) in [7, 11) is 0. The van der Waals surface area contributed by atoms with Gasteiger partial charge in [-0.05, 0) is 50.3 Å². The summed E-state index contributed by atoms with van der Waals surface area (Å²) in [4.78, 5) is 27.2. The van der Waals surface area contributed by atoms with Crippen molar-refractivity contribution in [1.29, 1.82) is 0 Å². The molecule has 2 N–H and O–H groups in total. The molecule has 0 saturated carbocycles. The standard InChI is InChI=1S/C20H20N2O3/c1-11-5-3-6-13-12(2)19(25-18(11)13)20(24)22-16-8-4-7-15-14(16)9-10-17(23)21-15/h3,5-6,9-10,16H,4,7-8H2,1-2H3,(H,21,23)(H,22,24)/t16-/m1/s1. The van der Waals surface area contributed by atoms with Crippen molar-refractivity contribution in [3.05, 3.63) is 68.8 Å². The molecule has 3 aromatic rings. The van der Waals surface area contributed by atoms with E-state index in [1.165, 1.54) is 6.07 Å². The SMILES string of the molecule is Cc1c(C(=O)N[C@@H]2CCCc3[nH]c(=O)ccc32)oc2c(C)cccc12. The minimum absolute atomic E-state index is 0.102. The quantitative estimate of drug-likeness (QED) is 0.751. The number of pyridine rings is 1. The molecular formula is C20H20N2O3. The van der Waals surface area contributed by atoms with Crippen molar-refractivity contribution < 1.29 is 9.21 Å². The Morgan fingerprint density at radius 2 is 2.08 bits per heavy atom. The van der Waals surface area contributed by atoms with E-state index in [-0.39, 0.29) is 17.5 Å². The zero-order chi connectivity index (χ0) is 17.6. The Labute approximate surface area is 145 Å². The lowest BCUT2D eigenvalue weighted by Crippen LogP contribution is -2.32. The van der Waals surface area contributed by atoms with Gasteiger partial charge in [-0.25, -0.2) is 0 Å². The molecule has 5 heteroatoms. The van der Waals surface area contributed by atoms with E-state index in [1.807, 2.05) is 38.1 Å². The average Bonchev–Trinajstić information content (AvgIpc) is 2.93. The van der Waals surface area contributed by atoms with E-state index < -0.39 is 0 Å². The summed E-state index contributed by atoms with van der Waals surface area (Å²) in [6.45, 7) is 3.88. The van der Waals surface area contributed by atoms with Crippen molar-refractivity contribution in [2.75, 3.05) is 0 Å². The molecule has 2 heterocycles. The molecule has 5 nitrogen and oxygen atoms in total. The molecule has 4 rings (SSSR count). The van der Waals surface area contributed by atoms with Gasteiger partial charge in [-0.2, -0.15) is 0 Å². The average molecular weight is 336 g/mol. The van der Waals surface area contributed by atoms with Crippen LogP contribution < -0.4 is 10.9 Å². The third-order valence-electron chi connectivity index (χ3n) is 5.00. The molecule has 128 valence electrons. The van der Waals surface area contributed by atoms with Gasteiger partial charge in [0.2, 0.25) is 5.56 Å². The van der Waals surface area contributed by atoms with Crippen LogP contribution in [0.3, 0.4) is 0 Å². The zero-order valence-electron chi connectivity index (χ0n) is 14.3. The highest BCUT2D eigenvalue weighted by Gasteiger charge is 2.25. The Bertz CT molecular complexity index is 1030. The molecular weight excluding hydrogens is 316 g/mol. The first-order chi connectivity index (χ1) is 12.0. The van der Waals surface area contributed by atoms with Crippen LogP contribution in [0, 0.1) is 13.8 Å². The van der Waals surface area contributed by atoms with Crippen molar-refractivity contribution in [2.24, 2.45) is 0 Å². The van der Waals surface area contributed by atoms with Crippen LogP contribution in [0.2, 0.25) is 0 Å². The van der Waals surface area contributed by atoms with E-state index in [0.717, 1.165) is 52.6 Å². The number of amides is 1. The summed E-state index contributed by atoms with van der Waals surface area (Å²) in [5.74, 6) is 0.151. The largest absolute Gasteiger partial charge is 0.450 e.